The average Bonchev–Trinajstić information content (AvgIpc) is 3.41. The van der Waals surface area contributed by atoms with Gasteiger partial charge >= 0.3 is 25.6 Å². The highest BCUT2D eigenvalue weighted by Gasteiger charge is 2.92. The van der Waals surface area contributed by atoms with Gasteiger partial charge in [-0.05, 0) is 29.5 Å². The molecule has 2 aromatic heterocycles. The summed E-state index contributed by atoms with van der Waals surface area (Å²) in [6.07, 6.45) is -2.83. The van der Waals surface area contributed by atoms with Crippen LogP contribution >= 0.6 is 7.82 Å². The first kappa shape index (κ1) is 20.3. The SMILES string of the molecule is Cn1nnc(-c2ccc(-c3ccc(N4C(=O)O[C@]5([C@@H](O)F)OP6(=O)OC45O6)cc3F)cn2)n1. The van der Waals surface area contributed by atoms with Gasteiger partial charge < -0.3 is 9.84 Å². The highest BCUT2D eigenvalue weighted by molar-refractivity contribution is 7.50. The Labute approximate surface area is 182 Å². The molecule has 7 rings (SSSR count). The lowest BCUT2D eigenvalue weighted by Crippen LogP contribution is -2.63. The second kappa shape index (κ2) is 6.36. The number of amides is 1. The van der Waals surface area contributed by atoms with E-state index in [-0.39, 0.29) is 11.3 Å². The van der Waals surface area contributed by atoms with Crippen molar-refractivity contribution >= 4 is 19.6 Å². The van der Waals surface area contributed by atoms with Crippen LogP contribution in [0.5, 0.6) is 0 Å². The first-order valence-corrected chi connectivity index (χ1v) is 10.7. The number of hydrogen-bond donors (Lipinski definition) is 1. The van der Waals surface area contributed by atoms with E-state index in [0.29, 0.717) is 22.0 Å². The predicted molar refractivity (Wildman–Crippen MR) is 99.8 cm³/mol. The number of tetrazole rings is 1. The number of carbonyl (C=O) groups excluding carboxylic acids is 1. The van der Waals surface area contributed by atoms with Crippen molar-refractivity contribution in [1.82, 2.24) is 25.2 Å². The summed E-state index contributed by atoms with van der Waals surface area (Å²) >= 11 is 0. The lowest BCUT2D eigenvalue weighted by molar-refractivity contribution is -0.305. The molecule has 4 aliphatic heterocycles. The summed E-state index contributed by atoms with van der Waals surface area (Å²) in [5, 5.41) is 21.1. The van der Waals surface area contributed by atoms with Crippen molar-refractivity contribution in [2.24, 2.45) is 7.05 Å². The Hall–Kier alpha value is -3.36. The third-order valence-electron chi connectivity index (χ3n) is 5.21. The molecule has 1 spiro atoms. The molecule has 2 atom stereocenters. The molecule has 6 heterocycles. The normalized spacial score (nSPS) is 30.7. The Morgan fingerprint density at radius 2 is 2.00 bits per heavy atom. The molecule has 1 amide bonds. The fourth-order valence-electron chi connectivity index (χ4n) is 3.78. The summed E-state index contributed by atoms with van der Waals surface area (Å²) in [4.78, 5) is 18.5. The van der Waals surface area contributed by atoms with Crippen molar-refractivity contribution in [3.63, 3.8) is 0 Å². The number of aliphatic hydroxyl groups excluding tert-OH is 1. The number of carbonyl (C=O) groups is 1. The minimum absolute atomic E-state index is 0.121. The number of hydrogen-bond acceptors (Lipinski definition) is 11. The van der Waals surface area contributed by atoms with Gasteiger partial charge in [0.2, 0.25) is 5.82 Å². The molecule has 2 bridgehead atoms. The molecule has 16 heteroatoms. The number of halogens is 2. The van der Waals surface area contributed by atoms with E-state index in [4.69, 9.17) is 18.3 Å². The van der Waals surface area contributed by atoms with Gasteiger partial charge in [-0.25, -0.2) is 36.6 Å². The quantitative estimate of drug-likeness (QED) is 0.545. The lowest BCUT2D eigenvalue weighted by Gasteiger charge is -2.38. The Bertz CT molecular complexity index is 1360. The van der Waals surface area contributed by atoms with Crippen LogP contribution in [0.15, 0.2) is 36.5 Å². The summed E-state index contributed by atoms with van der Waals surface area (Å²) in [6.45, 7) is 0. The standard InChI is InChI=1S/C17H11F2N6O7P/c1-24-22-13(21-23-24)12-5-2-8(7-20-12)10-4-3-9(6-11(10)18)25-15(27)29-16(14(19)26)17(25)31-33(28,30-16)32-17/h2-7,14,26H,1H3/t14-,16-,17?,33?/m1/s1. The van der Waals surface area contributed by atoms with Crippen molar-refractivity contribution in [2.45, 2.75) is 18.1 Å². The number of benzene rings is 1. The van der Waals surface area contributed by atoms with Gasteiger partial charge in [0.1, 0.15) is 11.5 Å². The number of aromatic nitrogens is 5. The van der Waals surface area contributed by atoms with Crippen LogP contribution in [0.4, 0.5) is 19.3 Å². The zero-order valence-electron chi connectivity index (χ0n) is 16.3. The van der Waals surface area contributed by atoms with Crippen LogP contribution in [-0.2, 0) is 29.9 Å². The molecule has 1 aromatic carbocycles. The largest absolute Gasteiger partial charge is 0.487 e. The average molecular weight is 480 g/mol. The molecule has 4 saturated heterocycles. The number of rotatable bonds is 4. The summed E-state index contributed by atoms with van der Waals surface area (Å²) in [5.74, 6) is -5.83. The number of phosphoric acid groups is 1. The summed E-state index contributed by atoms with van der Waals surface area (Å²) < 4.78 is 60.6. The Kier molecular flexibility index (Phi) is 3.91. The second-order valence-corrected chi connectivity index (χ2v) is 8.65. The van der Waals surface area contributed by atoms with E-state index in [2.05, 4.69) is 20.4 Å². The molecular weight excluding hydrogens is 469 g/mol. The number of aryl methyl sites for hydroxylation is 1. The maximum atomic E-state index is 15.0. The van der Waals surface area contributed by atoms with Crippen LogP contribution in [0, 0.1) is 5.82 Å². The van der Waals surface area contributed by atoms with E-state index in [1.807, 2.05) is 0 Å². The van der Waals surface area contributed by atoms with Gasteiger partial charge in [-0.15, -0.1) is 10.2 Å². The first-order valence-electron chi connectivity index (χ1n) is 9.24. The Balaban J connectivity index is 1.34. The monoisotopic (exact) mass is 480 g/mol. The van der Waals surface area contributed by atoms with E-state index in [1.165, 1.54) is 23.1 Å². The highest BCUT2D eigenvalue weighted by Crippen LogP contribution is 2.81. The van der Waals surface area contributed by atoms with Crippen molar-refractivity contribution in [3.05, 3.63) is 42.3 Å². The molecule has 4 aliphatic rings. The molecular formula is C17H11F2N6O7P. The molecule has 0 saturated carbocycles. The summed E-state index contributed by atoms with van der Waals surface area (Å²) in [7, 11) is -2.62. The molecule has 0 unspecified atom stereocenters. The third-order valence-corrected chi connectivity index (χ3v) is 6.65. The van der Waals surface area contributed by atoms with Crippen LogP contribution in [0.25, 0.3) is 22.6 Å². The van der Waals surface area contributed by atoms with Crippen LogP contribution in [0.3, 0.4) is 0 Å². The predicted octanol–water partition coefficient (Wildman–Crippen LogP) is 1.86. The number of nitrogens with zero attached hydrogens (tertiary/aromatic N) is 6. The maximum absolute atomic E-state index is 15.0. The van der Waals surface area contributed by atoms with Gasteiger partial charge in [-0.3, -0.25) is 4.98 Å². The zero-order chi connectivity index (χ0) is 23.2. The molecule has 4 fully saturated rings. The van der Waals surface area contributed by atoms with Gasteiger partial charge in [0, 0.05) is 17.3 Å². The Morgan fingerprint density at radius 3 is 2.61 bits per heavy atom. The topological polar surface area (TPSA) is 151 Å². The van der Waals surface area contributed by atoms with Crippen molar-refractivity contribution in [3.8, 4) is 22.6 Å². The number of ether oxygens (including phenoxy) is 1. The fraction of sp³-hybridized carbons (Fsp3) is 0.235. The third kappa shape index (κ3) is 2.59. The minimum Gasteiger partial charge on any atom is -0.402 e. The van der Waals surface area contributed by atoms with Crippen molar-refractivity contribution in [1.29, 1.82) is 0 Å². The van der Waals surface area contributed by atoms with E-state index in [9.17, 15) is 18.9 Å². The number of anilines is 1. The van der Waals surface area contributed by atoms with Crippen LogP contribution in [-0.4, -0.2) is 54.4 Å². The van der Waals surface area contributed by atoms with E-state index in [1.54, 1.807) is 19.2 Å². The minimum atomic E-state index is -4.23. The summed E-state index contributed by atoms with van der Waals surface area (Å²) in [6, 6.07) is 6.71. The number of pyridine rings is 1. The fourth-order valence-corrected chi connectivity index (χ4v) is 5.47. The van der Waals surface area contributed by atoms with Gasteiger partial charge in [0.15, 0.2) is 0 Å². The van der Waals surface area contributed by atoms with E-state index >= 15 is 4.39 Å². The van der Waals surface area contributed by atoms with Gasteiger partial charge in [0.05, 0.1) is 12.7 Å². The number of alkyl halides is 1. The van der Waals surface area contributed by atoms with E-state index < -0.39 is 37.8 Å². The molecule has 0 radical (unpaired) electrons. The van der Waals surface area contributed by atoms with Gasteiger partial charge in [-0.2, -0.15) is 4.80 Å². The van der Waals surface area contributed by atoms with Crippen molar-refractivity contribution < 1.29 is 41.6 Å². The van der Waals surface area contributed by atoms with Gasteiger partial charge in [0.25, 0.3) is 6.36 Å². The molecule has 0 aliphatic carbocycles. The highest BCUT2D eigenvalue weighted by atomic mass is 31.2. The summed E-state index contributed by atoms with van der Waals surface area (Å²) in [5.41, 5.74) is 0.755. The second-order valence-electron chi connectivity index (χ2n) is 7.21. The van der Waals surface area contributed by atoms with Crippen LogP contribution in [0.2, 0.25) is 0 Å². The molecule has 3 aromatic rings. The van der Waals surface area contributed by atoms with Crippen molar-refractivity contribution in [2.75, 3.05) is 4.90 Å². The van der Waals surface area contributed by atoms with Gasteiger partial charge in [-0.1, -0.05) is 6.07 Å². The first-order chi connectivity index (χ1) is 15.7. The lowest BCUT2D eigenvalue weighted by atomic mass is 10.1. The molecule has 170 valence electrons. The zero-order valence-corrected chi connectivity index (χ0v) is 17.2. The Morgan fingerprint density at radius 1 is 1.21 bits per heavy atom. The molecule has 13 nitrogen and oxygen atoms in total. The maximum Gasteiger partial charge on any atom is 0.487 e. The number of phosphoric ester groups is 1. The molecule has 1 N–H and O–H groups in total. The smallest absolute Gasteiger partial charge is 0.402 e. The van der Waals surface area contributed by atoms with Crippen LogP contribution < -0.4 is 4.90 Å². The van der Waals surface area contributed by atoms with E-state index in [0.717, 1.165) is 6.07 Å². The van der Waals surface area contributed by atoms with Crippen LogP contribution in [0.1, 0.15) is 0 Å². The molecule has 33 heavy (non-hydrogen) atoms. The number of aliphatic hydroxyl groups is 1.